The van der Waals surface area contributed by atoms with E-state index in [1.807, 2.05) is 23.1 Å². The van der Waals surface area contributed by atoms with Crippen molar-refractivity contribution in [2.75, 3.05) is 0 Å². The zero-order chi connectivity index (χ0) is 44.5. The van der Waals surface area contributed by atoms with Crippen LogP contribution < -0.4 is 0 Å². The van der Waals surface area contributed by atoms with Gasteiger partial charge in [0.2, 0.25) is 0 Å². The fourth-order valence-electron chi connectivity index (χ4n) is 11.7. The minimum absolute atomic E-state index is 1.24. The summed E-state index contributed by atoms with van der Waals surface area (Å²) in [4.78, 5) is 2.62. The smallest absolute Gasteiger partial charge is 0.0368 e. The van der Waals surface area contributed by atoms with E-state index in [1.165, 1.54) is 150 Å². The molecule has 0 saturated heterocycles. The molecular weight excluding hydrogens is 857 g/mol. The standard InChI is InChI=1S/C66H38S2/c1-2-16-40(17-3-1)61-46-19-6-8-21-48(46)63(49-22-9-7-20-47(49)61)43-31-33-45-56-38-60-65(55-27-14-28-57(66(55)56)67-58(45)36-43)54-34-32-44(37-59(54)68-60)64-52-25-12-10-23-50(52)62(51-24-11-13-26-53(51)64)42-30-29-39-15-4-5-18-41(39)35-42/h1-38H. The Kier molecular flexibility index (Phi) is 8.27. The van der Waals surface area contributed by atoms with Crippen LogP contribution in [0.15, 0.2) is 240 Å². The minimum Gasteiger partial charge on any atom is -0.135 e. The first kappa shape index (κ1) is 38.1. The number of thiophene rings is 1. The van der Waals surface area contributed by atoms with Gasteiger partial charge in [0.25, 0.3) is 0 Å². The molecule has 0 spiro atoms. The molecule has 0 atom stereocenters. The fraction of sp³-hybridized carbons (Fsp3) is 0. The Hall–Kier alpha value is -8.01. The summed E-state index contributed by atoms with van der Waals surface area (Å²) >= 11 is 3.84. The number of hydrogen-bond donors (Lipinski definition) is 0. The molecule has 0 radical (unpaired) electrons. The molecule has 1 aliphatic rings. The molecule has 0 saturated carbocycles. The normalized spacial score (nSPS) is 12.4. The van der Waals surface area contributed by atoms with Crippen molar-refractivity contribution in [1.29, 1.82) is 0 Å². The third-order valence-corrected chi connectivity index (χ3v) is 16.8. The summed E-state index contributed by atoms with van der Waals surface area (Å²) in [5, 5.41) is 18.1. The molecule has 0 nitrogen and oxygen atoms in total. The lowest BCUT2D eigenvalue weighted by atomic mass is 9.85. The quantitative estimate of drug-likeness (QED) is 0.159. The number of benzene rings is 13. The number of rotatable bonds is 4. The van der Waals surface area contributed by atoms with Gasteiger partial charge in [-0.15, -0.1) is 11.3 Å². The summed E-state index contributed by atoms with van der Waals surface area (Å²) < 4.78 is 2.64. The molecule has 0 amide bonds. The molecule has 2 heterocycles. The molecule has 2 heteroatoms. The number of hydrogen-bond acceptors (Lipinski definition) is 2. The molecular formula is C66H38S2. The molecule has 0 bridgehead atoms. The van der Waals surface area contributed by atoms with Crippen molar-refractivity contribution in [3.63, 3.8) is 0 Å². The topological polar surface area (TPSA) is 0 Å². The second-order valence-electron chi connectivity index (χ2n) is 18.2. The van der Waals surface area contributed by atoms with Gasteiger partial charge in [-0.3, -0.25) is 0 Å². The van der Waals surface area contributed by atoms with Crippen LogP contribution >= 0.6 is 23.1 Å². The average molecular weight is 895 g/mol. The van der Waals surface area contributed by atoms with E-state index in [-0.39, 0.29) is 0 Å². The van der Waals surface area contributed by atoms with Gasteiger partial charge in [0.05, 0.1) is 0 Å². The third-order valence-electron chi connectivity index (χ3n) is 14.6. The largest absolute Gasteiger partial charge is 0.135 e. The monoisotopic (exact) mass is 894 g/mol. The van der Waals surface area contributed by atoms with Crippen LogP contribution in [-0.4, -0.2) is 0 Å². The predicted molar refractivity (Wildman–Crippen MR) is 296 cm³/mol. The van der Waals surface area contributed by atoms with Gasteiger partial charge in [0.15, 0.2) is 0 Å². The van der Waals surface area contributed by atoms with E-state index in [2.05, 4.69) is 231 Å². The Morgan fingerprint density at radius 2 is 0.721 bits per heavy atom. The summed E-state index contributed by atoms with van der Waals surface area (Å²) in [5.41, 5.74) is 12.8. The maximum Gasteiger partial charge on any atom is 0.0368 e. The maximum absolute atomic E-state index is 2.49. The molecule has 68 heavy (non-hydrogen) atoms. The summed E-state index contributed by atoms with van der Waals surface area (Å²) in [6, 6.07) is 86.3. The Balaban J connectivity index is 0.901. The molecule has 0 aliphatic carbocycles. The SMILES string of the molecule is c1ccc(-c2c3ccccc3c(-c3ccc4c(c3)Sc3cccc5c3c-4cc3sc4cc(-c6c7ccccc7c(-c7ccc8ccccc8c7)c7ccccc67)ccc4c35)c3ccccc23)cc1. The van der Waals surface area contributed by atoms with Crippen LogP contribution in [0.2, 0.25) is 0 Å². The second kappa shape index (κ2) is 14.7. The van der Waals surface area contributed by atoms with E-state index in [1.54, 1.807) is 0 Å². The van der Waals surface area contributed by atoms with Gasteiger partial charge in [0, 0.05) is 35.3 Å². The highest BCUT2D eigenvalue weighted by molar-refractivity contribution is 7.99. The van der Waals surface area contributed by atoms with Crippen LogP contribution in [0, 0.1) is 0 Å². The van der Waals surface area contributed by atoms with Crippen molar-refractivity contribution in [3.8, 4) is 55.6 Å². The van der Waals surface area contributed by atoms with Gasteiger partial charge >= 0.3 is 0 Å². The van der Waals surface area contributed by atoms with Gasteiger partial charge in [-0.05, 0) is 145 Å². The Bertz CT molecular complexity index is 4350. The van der Waals surface area contributed by atoms with Crippen LogP contribution in [-0.2, 0) is 0 Å². The summed E-state index contributed by atoms with van der Waals surface area (Å²) in [6.45, 7) is 0. The minimum atomic E-state index is 1.24. The number of fused-ring (bicyclic) bond motifs is 11. The average Bonchev–Trinajstić information content (AvgIpc) is 3.77. The van der Waals surface area contributed by atoms with E-state index >= 15 is 0 Å². The zero-order valence-corrected chi connectivity index (χ0v) is 38.4. The Labute approximate surface area is 401 Å². The molecule has 314 valence electrons. The third kappa shape index (κ3) is 5.56. The van der Waals surface area contributed by atoms with Gasteiger partial charge in [-0.1, -0.05) is 212 Å². The lowest BCUT2D eigenvalue weighted by Gasteiger charge is -2.23. The van der Waals surface area contributed by atoms with Crippen LogP contribution in [0.3, 0.4) is 0 Å². The first-order valence-electron chi connectivity index (χ1n) is 23.4. The Morgan fingerprint density at radius 1 is 0.235 bits per heavy atom. The van der Waals surface area contributed by atoms with E-state index in [4.69, 9.17) is 0 Å². The summed E-state index contributed by atoms with van der Waals surface area (Å²) in [5.74, 6) is 0. The molecule has 0 N–H and O–H groups in total. The molecule has 13 aromatic carbocycles. The summed E-state index contributed by atoms with van der Waals surface area (Å²) in [6.07, 6.45) is 0. The highest BCUT2D eigenvalue weighted by Crippen LogP contribution is 2.54. The predicted octanol–water partition coefficient (Wildman–Crippen LogP) is 19.8. The first-order chi connectivity index (χ1) is 33.7. The van der Waals surface area contributed by atoms with Crippen molar-refractivity contribution in [2.24, 2.45) is 0 Å². The molecule has 14 aromatic rings. The molecule has 0 fully saturated rings. The molecule has 1 aromatic heterocycles. The van der Waals surface area contributed by atoms with Crippen molar-refractivity contribution in [1.82, 2.24) is 0 Å². The lowest BCUT2D eigenvalue weighted by Crippen LogP contribution is -1.95. The van der Waals surface area contributed by atoms with Gasteiger partial charge in [0.1, 0.15) is 0 Å². The van der Waals surface area contributed by atoms with Crippen molar-refractivity contribution >= 4 is 108 Å². The zero-order valence-electron chi connectivity index (χ0n) is 36.8. The van der Waals surface area contributed by atoms with Crippen LogP contribution in [0.1, 0.15) is 0 Å². The van der Waals surface area contributed by atoms with E-state index in [0.717, 1.165) is 0 Å². The molecule has 15 rings (SSSR count). The van der Waals surface area contributed by atoms with Gasteiger partial charge in [-0.2, -0.15) is 0 Å². The highest BCUT2D eigenvalue weighted by Gasteiger charge is 2.25. The fourth-order valence-corrected chi connectivity index (χ4v) is 14.1. The van der Waals surface area contributed by atoms with E-state index in [9.17, 15) is 0 Å². The van der Waals surface area contributed by atoms with Crippen LogP contribution in [0.25, 0.3) is 140 Å². The first-order valence-corrected chi connectivity index (χ1v) is 25.0. The highest BCUT2D eigenvalue weighted by atomic mass is 32.2. The van der Waals surface area contributed by atoms with Gasteiger partial charge < -0.3 is 0 Å². The van der Waals surface area contributed by atoms with E-state index < -0.39 is 0 Å². The lowest BCUT2D eigenvalue weighted by molar-refractivity contribution is 1.40. The second-order valence-corrected chi connectivity index (χ2v) is 20.4. The molecule has 0 unspecified atom stereocenters. The Morgan fingerprint density at radius 3 is 1.34 bits per heavy atom. The van der Waals surface area contributed by atoms with Crippen molar-refractivity contribution in [3.05, 3.63) is 231 Å². The van der Waals surface area contributed by atoms with Crippen molar-refractivity contribution in [2.45, 2.75) is 9.79 Å². The van der Waals surface area contributed by atoms with Crippen LogP contribution in [0.4, 0.5) is 0 Å². The van der Waals surface area contributed by atoms with E-state index in [0.29, 0.717) is 0 Å². The van der Waals surface area contributed by atoms with Crippen molar-refractivity contribution < 1.29 is 0 Å². The maximum atomic E-state index is 2.49. The van der Waals surface area contributed by atoms with Crippen LogP contribution in [0.5, 0.6) is 0 Å². The van der Waals surface area contributed by atoms with Gasteiger partial charge in [-0.25, -0.2) is 0 Å². The summed E-state index contributed by atoms with van der Waals surface area (Å²) in [7, 11) is 0. The molecule has 1 aliphatic heterocycles.